The van der Waals surface area contributed by atoms with Crippen molar-refractivity contribution in [3.05, 3.63) is 29.6 Å². The summed E-state index contributed by atoms with van der Waals surface area (Å²) in [6.45, 7) is 6.70. The number of rotatable bonds is 2. The normalized spacial score (nSPS) is 29.4. The number of fused-ring (bicyclic) bond motifs is 1. The Morgan fingerprint density at radius 1 is 1.17 bits per heavy atom. The van der Waals surface area contributed by atoms with E-state index in [1.165, 1.54) is 0 Å². The number of anilines is 1. The van der Waals surface area contributed by atoms with Crippen LogP contribution in [0.2, 0.25) is 0 Å². The van der Waals surface area contributed by atoms with Gasteiger partial charge in [0.25, 0.3) is 0 Å². The molecule has 2 unspecified atom stereocenters. The number of carboxylic acid groups (broad SMARTS) is 1. The Morgan fingerprint density at radius 3 is 2.17 bits per heavy atom. The number of amides is 1. The molecule has 2 fully saturated rings. The Kier molecular flexibility index (Phi) is 3.32. The largest absolute Gasteiger partial charge is 0.465 e. The van der Waals surface area contributed by atoms with E-state index >= 15 is 0 Å². The standard InChI is InChI=1S/C16H19F3N2O2/c1-15(2,3)16(20-14(22)23)8-6-21(7-9(8)16)13-5-11(18)10(17)4-12(13)19/h4-5,8-9,20H,6-7H2,1-3H3,(H,22,23)/t8-,9?,16?/m0/s1. The number of piperidine rings is 1. The van der Waals surface area contributed by atoms with Crippen molar-refractivity contribution in [3.63, 3.8) is 0 Å². The molecule has 0 radical (unpaired) electrons. The molecule has 7 heteroatoms. The van der Waals surface area contributed by atoms with Gasteiger partial charge in [-0.1, -0.05) is 20.8 Å². The first kappa shape index (κ1) is 16.0. The molecule has 4 nitrogen and oxygen atoms in total. The highest BCUT2D eigenvalue weighted by Gasteiger charge is 2.73. The van der Waals surface area contributed by atoms with Crippen LogP contribution in [0.1, 0.15) is 20.8 Å². The summed E-state index contributed by atoms with van der Waals surface area (Å²) in [6.07, 6.45) is -1.08. The Balaban J connectivity index is 1.83. The first-order valence-corrected chi connectivity index (χ1v) is 7.48. The molecule has 1 amide bonds. The van der Waals surface area contributed by atoms with E-state index in [-0.39, 0.29) is 22.9 Å². The van der Waals surface area contributed by atoms with Crippen molar-refractivity contribution in [3.8, 4) is 0 Å². The number of nitrogens with one attached hydrogen (secondary N) is 1. The SMILES string of the molecule is CC(C)(C)C1(NC(=O)O)C2CN(c3cc(F)c(F)cc3F)C[C@@H]21. The minimum atomic E-state index is -1.22. The van der Waals surface area contributed by atoms with Gasteiger partial charge in [0.05, 0.1) is 11.2 Å². The van der Waals surface area contributed by atoms with E-state index in [0.717, 1.165) is 6.07 Å². The molecule has 1 heterocycles. The Labute approximate surface area is 132 Å². The van der Waals surface area contributed by atoms with Crippen LogP contribution in [0.15, 0.2) is 12.1 Å². The molecule has 0 bridgehead atoms. The molecule has 1 aliphatic heterocycles. The molecular weight excluding hydrogens is 309 g/mol. The smallest absolute Gasteiger partial charge is 0.405 e. The van der Waals surface area contributed by atoms with Gasteiger partial charge in [-0.15, -0.1) is 0 Å². The third kappa shape index (κ3) is 2.24. The number of hydrogen-bond acceptors (Lipinski definition) is 2. The highest BCUT2D eigenvalue weighted by molar-refractivity contribution is 5.68. The molecule has 1 aliphatic carbocycles. The van der Waals surface area contributed by atoms with E-state index in [1.54, 1.807) is 4.90 Å². The van der Waals surface area contributed by atoms with Crippen molar-refractivity contribution in [2.45, 2.75) is 26.3 Å². The van der Waals surface area contributed by atoms with Crippen LogP contribution >= 0.6 is 0 Å². The summed E-state index contributed by atoms with van der Waals surface area (Å²) in [5.41, 5.74) is -0.835. The number of halogens is 3. The monoisotopic (exact) mass is 328 g/mol. The number of carbonyl (C=O) groups is 1. The minimum Gasteiger partial charge on any atom is -0.465 e. The maximum atomic E-state index is 13.9. The van der Waals surface area contributed by atoms with Crippen molar-refractivity contribution in [2.75, 3.05) is 18.0 Å². The van der Waals surface area contributed by atoms with Crippen LogP contribution in [0.25, 0.3) is 0 Å². The van der Waals surface area contributed by atoms with Crippen molar-refractivity contribution in [2.24, 2.45) is 17.3 Å². The summed E-state index contributed by atoms with van der Waals surface area (Å²) < 4.78 is 40.3. The third-order valence-corrected chi connectivity index (χ3v) is 5.27. The molecule has 0 aromatic heterocycles. The predicted molar refractivity (Wildman–Crippen MR) is 78.9 cm³/mol. The fraction of sp³-hybridized carbons (Fsp3) is 0.562. The van der Waals surface area contributed by atoms with Crippen LogP contribution in [0.5, 0.6) is 0 Å². The Morgan fingerprint density at radius 2 is 1.70 bits per heavy atom. The van der Waals surface area contributed by atoms with Gasteiger partial charge in [-0.05, 0) is 5.41 Å². The second kappa shape index (κ2) is 4.79. The van der Waals surface area contributed by atoms with Gasteiger partial charge in [-0.25, -0.2) is 18.0 Å². The summed E-state index contributed by atoms with van der Waals surface area (Å²) in [4.78, 5) is 12.8. The van der Waals surface area contributed by atoms with E-state index in [2.05, 4.69) is 5.32 Å². The topological polar surface area (TPSA) is 52.6 Å². The quantitative estimate of drug-likeness (QED) is 0.820. The van der Waals surface area contributed by atoms with Crippen molar-refractivity contribution in [1.82, 2.24) is 5.32 Å². The minimum absolute atomic E-state index is 0.0196. The maximum absolute atomic E-state index is 13.9. The highest BCUT2D eigenvalue weighted by Crippen LogP contribution is 2.63. The first-order chi connectivity index (χ1) is 10.6. The molecule has 0 spiro atoms. The summed E-state index contributed by atoms with van der Waals surface area (Å²) in [6, 6.07) is 1.40. The number of nitrogens with zero attached hydrogens (tertiary/aromatic N) is 1. The average Bonchev–Trinajstić information content (AvgIpc) is 2.80. The molecule has 2 N–H and O–H groups in total. The van der Waals surface area contributed by atoms with Gasteiger partial charge in [0.15, 0.2) is 11.6 Å². The van der Waals surface area contributed by atoms with Crippen LogP contribution in [-0.4, -0.2) is 29.8 Å². The van der Waals surface area contributed by atoms with E-state index in [4.69, 9.17) is 5.11 Å². The maximum Gasteiger partial charge on any atom is 0.405 e. The highest BCUT2D eigenvalue weighted by atomic mass is 19.2. The van der Waals surface area contributed by atoms with Gasteiger partial charge in [-0.2, -0.15) is 0 Å². The zero-order chi connectivity index (χ0) is 17.2. The predicted octanol–water partition coefficient (Wildman–Crippen LogP) is 3.22. The fourth-order valence-corrected chi connectivity index (χ4v) is 4.24. The van der Waals surface area contributed by atoms with Gasteiger partial charge in [-0.3, -0.25) is 0 Å². The second-order valence-electron chi connectivity index (χ2n) is 7.38. The van der Waals surface area contributed by atoms with E-state index in [9.17, 15) is 18.0 Å². The van der Waals surface area contributed by atoms with E-state index < -0.39 is 29.1 Å². The molecule has 1 aromatic rings. The molecule has 1 saturated heterocycles. The molecule has 3 rings (SSSR count). The molecule has 2 aliphatic rings. The van der Waals surface area contributed by atoms with Crippen molar-refractivity contribution < 1.29 is 23.1 Å². The average molecular weight is 328 g/mol. The summed E-state index contributed by atoms with van der Waals surface area (Å²) in [5, 5.41) is 11.8. The third-order valence-electron chi connectivity index (χ3n) is 5.27. The molecule has 126 valence electrons. The van der Waals surface area contributed by atoms with Crippen LogP contribution in [0.3, 0.4) is 0 Å². The van der Waals surface area contributed by atoms with Gasteiger partial charge in [0.1, 0.15) is 5.82 Å². The lowest BCUT2D eigenvalue weighted by molar-refractivity contribution is 0.156. The van der Waals surface area contributed by atoms with Gasteiger partial charge < -0.3 is 15.3 Å². The molecule has 23 heavy (non-hydrogen) atoms. The molecule has 3 atom stereocenters. The van der Waals surface area contributed by atoms with Crippen LogP contribution in [0.4, 0.5) is 23.7 Å². The zero-order valence-electron chi connectivity index (χ0n) is 13.2. The van der Waals surface area contributed by atoms with Gasteiger partial charge in [0.2, 0.25) is 0 Å². The fourth-order valence-electron chi connectivity index (χ4n) is 4.24. The summed E-state index contributed by atoms with van der Waals surface area (Å²) in [7, 11) is 0. The lowest BCUT2D eigenvalue weighted by Gasteiger charge is -2.37. The van der Waals surface area contributed by atoms with Crippen molar-refractivity contribution in [1.29, 1.82) is 0 Å². The zero-order valence-corrected chi connectivity index (χ0v) is 13.2. The van der Waals surface area contributed by atoms with Crippen molar-refractivity contribution >= 4 is 11.8 Å². The van der Waals surface area contributed by atoms with E-state index in [1.807, 2.05) is 20.8 Å². The van der Waals surface area contributed by atoms with E-state index in [0.29, 0.717) is 19.2 Å². The molecule has 1 saturated carbocycles. The lowest BCUT2D eigenvalue weighted by Crippen LogP contribution is -2.52. The van der Waals surface area contributed by atoms with Crippen LogP contribution < -0.4 is 10.2 Å². The lowest BCUT2D eigenvalue weighted by atomic mass is 9.80. The Hall–Kier alpha value is -1.92. The molecule has 1 aromatic carbocycles. The molecular formula is C16H19F3N2O2. The van der Waals surface area contributed by atoms with Gasteiger partial charge >= 0.3 is 6.09 Å². The van der Waals surface area contributed by atoms with Crippen LogP contribution in [0, 0.1) is 34.7 Å². The second-order valence-corrected chi connectivity index (χ2v) is 7.38. The summed E-state index contributed by atoms with van der Waals surface area (Å²) >= 11 is 0. The Bertz CT molecular complexity index is 660. The summed E-state index contributed by atoms with van der Waals surface area (Å²) in [5.74, 6) is -3.07. The number of benzene rings is 1. The van der Waals surface area contributed by atoms with Gasteiger partial charge in [0, 0.05) is 37.1 Å². The van der Waals surface area contributed by atoms with Crippen LogP contribution in [-0.2, 0) is 0 Å². The first-order valence-electron chi connectivity index (χ1n) is 7.48. The number of hydrogen-bond donors (Lipinski definition) is 2.